The fourth-order valence-corrected chi connectivity index (χ4v) is 4.25. The van der Waals surface area contributed by atoms with Crippen molar-refractivity contribution in [3.05, 3.63) is 69.0 Å². The van der Waals surface area contributed by atoms with Crippen LogP contribution < -0.4 is 20.4 Å². The normalized spacial score (nSPS) is 10.8. The number of methoxy groups -OCH3 is 2. The molecule has 1 N–H and O–H groups in total. The number of fused-ring (bicyclic) bond motifs is 1. The number of hydrogen-bond donors (Lipinski definition) is 1. The lowest BCUT2D eigenvalue weighted by Gasteiger charge is -2.08. The van der Waals surface area contributed by atoms with E-state index in [0.717, 1.165) is 16.5 Å². The molecule has 158 valence electrons. The molecule has 1 amide bonds. The topological polar surface area (TPSA) is 90.7 Å². The van der Waals surface area contributed by atoms with Gasteiger partial charge in [-0.25, -0.2) is 9.78 Å². The van der Waals surface area contributed by atoms with Crippen LogP contribution in [0.15, 0.2) is 51.7 Å². The van der Waals surface area contributed by atoms with Gasteiger partial charge in [-0.2, -0.15) is 0 Å². The van der Waals surface area contributed by atoms with Gasteiger partial charge in [0.2, 0.25) is 0 Å². The summed E-state index contributed by atoms with van der Waals surface area (Å²) < 4.78 is 15.9. The van der Waals surface area contributed by atoms with Gasteiger partial charge >= 0.3 is 5.63 Å². The second kappa shape index (κ2) is 8.23. The standard InChI is InChI=1S/C23H20N2O5S/c1-12-9-20(26)30-18-11-15(6-7-16(12)18)25-22(27)21-13(2)24-23(31-21)14-5-8-17(28-3)19(10-14)29-4/h5-11H,1-4H3,(H,25,27). The van der Waals surface area contributed by atoms with Gasteiger partial charge in [-0.1, -0.05) is 0 Å². The molecular formula is C23H20N2O5S. The molecule has 0 aliphatic heterocycles. The van der Waals surface area contributed by atoms with E-state index in [4.69, 9.17) is 13.9 Å². The number of hydrogen-bond acceptors (Lipinski definition) is 7. The quantitative estimate of drug-likeness (QED) is 0.452. The summed E-state index contributed by atoms with van der Waals surface area (Å²) in [6, 6.07) is 12.2. The van der Waals surface area contributed by atoms with Crippen molar-refractivity contribution in [2.75, 3.05) is 19.5 Å². The third-order valence-corrected chi connectivity index (χ3v) is 6.05. The number of nitrogens with zero attached hydrogens (tertiary/aromatic N) is 1. The SMILES string of the molecule is COc1ccc(-c2nc(C)c(C(=O)Nc3ccc4c(C)cc(=O)oc4c3)s2)cc1OC. The summed E-state index contributed by atoms with van der Waals surface area (Å²) in [5.41, 5.74) is 2.80. The van der Waals surface area contributed by atoms with Crippen molar-refractivity contribution >= 4 is 33.9 Å². The van der Waals surface area contributed by atoms with Crippen LogP contribution in [-0.4, -0.2) is 25.1 Å². The first-order chi connectivity index (χ1) is 14.9. The van der Waals surface area contributed by atoms with Crippen LogP contribution in [0.3, 0.4) is 0 Å². The number of aryl methyl sites for hydroxylation is 2. The van der Waals surface area contributed by atoms with E-state index in [1.54, 1.807) is 39.3 Å². The van der Waals surface area contributed by atoms with E-state index in [1.165, 1.54) is 17.4 Å². The molecule has 4 aromatic rings. The van der Waals surface area contributed by atoms with Crippen LogP contribution in [0, 0.1) is 13.8 Å². The van der Waals surface area contributed by atoms with Gasteiger partial charge in [0.05, 0.1) is 19.9 Å². The number of rotatable bonds is 5. The van der Waals surface area contributed by atoms with Crippen molar-refractivity contribution in [3.63, 3.8) is 0 Å². The number of anilines is 1. The third-order valence-electron chi connectivity index (χ3n) is 4.84. The molecule has 31 heavy (non-hydrogen) atoms. The van der Waals surface area contributed by atoms with Crippen molar-refractivity contribution < 1.29 is 18.7 Å². The summed E-state index contributed by atoms with van der Waals surface area (Å²) >= 11 is 1.29. The van der Waals surface area contributed by atoms with E-state index in [-0.39, 0.29) is 5.91 Å². The Kier molecular flexibility index (Phi) is 5.48. The molecule has 0 unspecified atom stereocenters. The highest BCUT2D eigenvalue weighted by Gasteiger charge is 2.18. The second-order valence-electron chi connectivity index (χ2n) is 6.92. The highest BCUT2D eigenvalue weighted by molar-refractivity contribution is 7.17. The summed E-state index contributed by atoms with van der Waals surface area (Å²) in [6.07, 6.45) is 0. The summed E-state index contributed by atoms with van der Waals surface area (Å²) in [7, 11) is 3.15. The van der Waals surface area contributed by atoms with E-state index >= 15 is 0 Å². The summed E-state index contributed by atoms with van der Waals surface area (Å²) in [5.74, 6) is 0.929. The zero-order chi connectivity index (χ0) is 22.1. The molecule has 0 saturated heterocycles. The minimum atomic E-state index is -0.425. The average Bonchev–Trinajstić information content (AvgIpc) is 3.14. The number of aromatic nitrogens is 1. The van der Waals surface area contributed by atoms with Crippen LogP contribution in [0.25, 0.3) is 21.5 Å². The monoisotopic (exact) mass is 436 g/mol. The Hall–Kier alpha value is -3.65. The summed E-state index contributed by atoms with van der Waals surface area (Å²) in [6.45, 7) is 3.63. The molecule has 0 atom stereocenters. The Morgan fingerprint density at radius 1 is 1.03 bits per heavy atom. The Bertz CT molecular complexity index is 1360. The number of nitrogens with one attached hydrogen (secondary N) is 1. The fourth-order valence-electron chi connectivity index (χ4n) is 3.29. The number of amides is 1. The molecular weight excluding hydrogens is 416 g/mol. The number of carbonyl (C=O) groups excluding carboxylic acids is 1. The lowest BCUT2D eigenvalue weighted by molar-refractivity contribution is 0.103. The fraction of sp³-hybridized carbons (Fsp3) is 0.174. The van der Waals surface area contributed by atoms with Gasteiger partial charge in [0, 0.05) is 28.8 Å². The van der Waals surface area contributed by atoms with Gasteiger partial charge in [-0.3, -0.25) is 4.79 Å². The predicted molar refractivity (Wildman–Crippen MR) is 121 cm³/mol. The van der Waals surface area contributed by atoms with Crippen LogP contribution in [0.1, 0.15) is 20.9 Å². The largest absolute Gasteiger partial charge is 0.493 e. The predicted octanol–water partition coefficient (Wildman–Crippen LogP) is 4.80. The lowest BCUT2D eigenvalue weighted by Crippen LogP contribution is -2.11. The van der Waals surface area contributed by atoms with Crippen molar-refractivity contribution in [2.45, 2.75) is 13.8 Å². The highest BCUT2D eigenvalue weighted by Crippen LogP contribution is 2.35. The molecule has 4 rings (SSSR count). The third kappa shape index (κ3) is 4.02. The molecule has 2 heterocycles. The van der Waals surface area contributed by atoms with E-state index in [2.05, 4.69) is 10.3 Å². The van der Waals surface area contributed by atoms with Gasteiger partial charge in [0.1, 0.15) is 15.5 Å². The van der Waals surface area contributed by atoms with Gasteiger partial charge in [0.25, 0.3) is 5.91 Å². The maximum atomic E-state index is 12.9. The molecule has 0 aliphatic carbocycles. The van der Waals surface area contributed by atoms with E-state index in [9.17, 15) is 9.59 Å². The molecule has 7 nitrogen and oxygen atoms in total. The molecule has 0 saturated carbocycles. The number of carbonyl (C=O) groups is 1. The van der Waals surface area contributed by atoms with Crippen molar-refractivity contribution in [1.29, 1.82) is 0 Å². The van der Waals surface area contributed by atoms with Crippen LogP contribution in [0.4, 0.5) is 5.69 Å². The molecule has 0 bridgehead atoms. The van der Waals surface area contributed by atoms with Gasteiger partial charge in [-0.15, -0.1) is 11.3 Å². The Labute approximate surface area is 182 Å². The average molecular weight is 436 g/mol. The van der Waals surface area contributed by atoms with Crippen LogP contribution in [-0.2, 0) is 0 Å². The Morgan fingerprint density at radius 3 is 2.55 bits per heavy atom. The maximum absolute atomic E-state index is 12.9. The minimum absolute atomic E-state index is 0.281. The number of benzene rings is 2. The van der Waals surface area contributed by atoms with E-state index in [0.29, 0.717) is 38.3 Å². The van der Waals surface area contributed by atoms with Crippen molar-refractivity contribution in [2.24, 2.45) is 0 Å². The minimum Gasteiger partial charge on any atom is -0.493 e. The molecule has 8 heteroatoms. The first-order valence-corrected chi connectivity index (χ1v) is 10.3. The first-order valence-electron chi connectivity index (χ1n) is 9.45. The second-order valence-corrected chi connectivity index (χ2v) is 7.92. The van der Waals surface area contributed by atoms with Gasteiger partial charge in [-0.05, 0) is 49.7 Å². The lowest BCUT2D eigenvalue weighted by atomic mass is 10.1. The van der Waals surface area contributed by atoms with Gasteiger partial charge in [0.15, 0.2) is 11.5 Å². The Morgan fingerprint density at radius 2 is 1.81 bits per heavy atom. The molecule has 0 spiro atoms. The smallest absolute Gasteiger partial charge is 0.336 e. The summed E-state index contributed by atoms with van der Waals surface area (Å²) in [4.78, 5) is 29.6. The van der Waals surface area contributed by atoms with Crippen molar-refractivity contribution in [3.8, 4) is 22.1 Å². The van der Waals surface area contributed by atoms with Crippen molar-refractivity contribution in [1.82, 2.24) is 4.98 Å². The van der Waals surface area contributed by atoms with Crippen LogP contribution >= 0.6 is 11.3 Å². The van der Waals surface area contributed by atoms with Gasteiger partial charge < -0.3 is 19.2 Å². The summed E-state index contributed by atoms with van der Waals surface area (Å²) in [5, 5.41) is 4.38. The molecule has 0 aliphatic rings. The molecule has 2 aromatic carbocycles. The number of thiazole rings is 1. The number of ether oxygens (including phenoxy) is 2. The maximum Gasteiger partial charge on any atom is 0.336 e. The first kappa shape index (κ1) is 20.6. The molecule has 0 radical (unpaired) electrons. The highest BCUT2D eigenvalue weighted by atomic mass is 32.1. The molecule has 0 fully saturated rings. The zero-order valence-electron chi connectivity index (χ0n) is 17.4. The Balaban J connectivity index is 1.62. The van der Waals surface area contributed by atoms with Crippen LogP contribution in [0.5, 0.6) is 11.5 Å². The zero-order valence-corrected chi connectivity index (χ0v) is 18.3. The van der Waals surface area contributed by atoms with Crippen LogP contribution in [0.2, 0.25) is 0 Å². The van der Waals surface area contributed by atoms with E-state index < -0.39 is 5.63 Å². The molecule has 2 aromatic heterocycles. The van der Waals surface area contributed by atoms with E-state index in [1.807, 2.05) is 25.1 Å².